The second kappa shape index (κ2) is 8.04. The van der Waals surface area contributed by atoms with Crippen LogP contribution in [-0.2, 0) is 4.79 Å². The predicted octanol–water partition coefficient (Wildman–Crippen LogP) is 3.66. The highest BCUT2D eigenvalue weighted by Crippen LogP contribution is 2.29. The van der Waals surface area contributed by atoms with E-state index in [4.69, 9.17) is 9.47 Å². The normalized spacial score (nSPS) is 24.4. The SMILES string of the molecule is COc1ccc(/C=C/C(=O)N[C@@H]2CCC[C@@H](C)[C@H]2C)c(OC)c1. The summed E-state index contributed by atoms with van der Waals surface area (Å²) in [6.07, 6.45) is 6.87. The van der Waals surface area contributed by atoms with Gasteiger partial charge in [0.25, 0.3) is 0 Å². The minimum atomic E-state index is -0.0474. The van der Waals surface area contributed by atoms with Gasteiger partial charge in [0.15, 0.2) is 0 Å². The minimum absolute atomic E-state index is 0.0474. The van der Waals surface area contributed by atoms with E-state index in [-0.39, 0.29) is 11.9 Å². The molecule has 126 valence electrons. The summed E-state index contributed by atoms with van der Waals surface area (Å²) in [5.41, 5.74) is 0.855. The molecule has 0 bridgehead atoms. The highest BCUT2D eigenvalue weighted by Gasteiger charge is 2.27. The first-order valence-electron chi connectivity index (χ1n) is 8.25. The van der Waals surface area contributed by atoms with Gasteiger partial charge in [-0.25, -0.2) is 0 Å². The first-order valence-corrected chi connectivity index (χ1v) is 8.25. The number of amides is 1. The van der Waals surface area contributed by atoms with Crippen LogP contribution in [-0.4, -0.2) is 26.2 Å². The first-order chi connectivity index (χ1) is 11.0. The Hall–Kier alpha value is -1.97. The number of nitrogens with one attached hydrogen (secondary N) is 1. The number of rotatable bonds is 5. The number of ether oxygens (including phenoxy) is 2. The van der Waals surface area contributed by atoms with Gasteiger partial charge in [-0.2, -0.15) is 0 Å². The molecule has 0 unspecified atom stereocenters. The summed E-state index contributed by atoms with van der Waals surface area (Å²) in [5.74, 6) is 2.56. The molecule has 0 saturated heterocycles. The standard InChI is InChI=1S/C19H27NO3/c1-13-6-5-7-17(14(13)2)20-19(21)11-9-15-8-10-16(22-3)12-18(15)23-4/h8-14,17H,5-7H2,1-4H3,(H,20,21)/b11-9+/t13-,14-,17-/m1/s1. The van der Waals surface area contributed by atoms with Crippen molar-refractivity contribution in [2.75, 3.05) is 14.2 Å². The summed E-state index contributed by atoms with van der Waals surface area (Å²) in [7, 11) is 3.22. The number of methoxy groups -OCH3 is 2. The van der Waals surface area contributed by atoms with Crippen LogP contribution < -0.4 is 14.8 Å². The van der Waals surface area contributed by atoms with Gasteiger partial charge >= 0.3 is 0 Å². The smallest absolute Gasteiger partial charge is 0.244 e. The van der Waals surface area contributed by atoms with Gasteiger partial charge in [0.1, 0.15) is 11.5 Å². The van der Waals surface area contributed by atoms with Crippen LogP contribution in [0.5, 0.6) is 11.5 Å². The third kappa shape index (κ3) is 4.50. The second-order valence-electron chi connectivity index (χ2n) is 6.32. The molecule has 0 aliphatic heterocycles. The molecule has 23 heavy (non-hydrogen) atoms. The average Bonchev–Trinajstić information content (AvgIpc) is 2.57. The Morgan fingerprint density at radius 1 is 1.22 bits per heavy atom. The van der Waals surface area contributed by atoms with Gasteiger partial charge in [-0.05, 0) is 36.5 Å². The van der Waals surface area contributed by atoms with Gasteiger partial charge in [-0.1, -0.05) is 26.7 Å². The van der Waals surface area contributed by atoms with E-state index in [1.54, 1.807) is 26.4 Å². The molecule has 1 aromatic carbocycles. The Morgan fingerprint density at radius 3 is 2.70 bits per heavy atom. The lowest BCUT2D eigenvalue weighted by Gasteiger charge is -2.34. The molecular weight excluding hydrogens is 290 g/mol. The molecule has 1 aliphatic carbocycles. The topological polar surface area (TPSA) is 47.6 Å². The number of benzene rings is 1. The summed E-state index contributed by atoms with van der Waals surface area (Å²) in [5, 5.41) is 3.14. The Balaban J connectivity index is 2.01. The Morgan fingerprint density at radius 2 is 2.00 bits per heavy atom. The van der Waals surface area contributed by atoms with Crippen molar-refractivity contribution in [3.63, 3.8) is 0 Å². The van der Waals surface area contributed by atoms with Gasteiger partial charge in [0.05, 0.1) is 14.2 Å². The molecule has 3 atom stereocenters. The molecule has 4 nitrogen and oxygen atoms in total. The number of hydrogen-bond acceptors (Lipinski definition) is 3. The van der Waals surface area contributed by atoms with E-state index in [0.29, 0.717) is 17.6 Å². The molecule has 1 fully saturated rings. The number of hydrogen-bond donors (Lipinski definition) is 1. The van der Waals surface area contributed by atoms with Crippen molar-refractivity contribution in [3.8, 4) is 11.5 Å². The fraction of sp³-hybridized carbons (Fsp3) is 0.526. The van der Waals surface area contributed by atoms with Crippen molar-refractivity contribution < 1.29 is 14.3 Å². The molecule has 0 heterocycles. The maximum Gasteiger partial charge on any atom is 0.244 e. The third-order valence-electron chi connectivity index (χ3n) is 4.89. The summed E-state index contributed by atoms with van der Waals surface area (Å²) in [4.78, 5) is 12.2. The first kappa shape index (κ1) is 17.4. The van der Waals surface area contributed by atoms with E-state index in [0.717, 1.165) is 17.7 Å². The van der Waals surface area contributed by atoms with Crippen LogP contribution >= 0.6 is 0 Å². The summed E-state index contributed by atoms with van der Waals surface area (Å²) < 4.78 is 10.5. The van der Waals surface area contributed by atoms with Gasteiger partial charge in [0, 0.05) is 23.7 Å². The fourth-order valence-electron chi connectivity index (χ4n) is 3.14. The Kier molecular flexibility index (Phi) is 6.08. The summed E-state index contributed by atoms with van der Waals surface area (Å²) >= 11 is 0. The zero-order chi connectivity index (χ0) is 16.8. The number of carbonyl (C=O) groups excluding carboxylic acids is 1. The lowest BCUT2D eigenvalue weighted by atomic mass is 9.78. The van der Waals surface area contributed by atoms with E-state index < -0.39 is 0 Å². The van der Waals surface area contributed by atoms with Gasteiger partial charge in [-0.3, -0.25) is 4.79 Å². The van der Waals surface area contributed by atoms with Crippen molar-refractivity contribution in [1.29, 1.82) is 0 Å². The zero-order valence-electron chi connectivity index (χ0n) is 14.5. The van der Waals surface area contributed by atoms with Gasteiger partial charge in [-0.15, -0.1) is 0 Å². The molecule has 2 rings (SSSR count). The average molecular weight is 317 g/mol. The fourth-order valence-corrected chi connectivity index (χ4v) is 3.14. The van der Waals surface area contributed by atoms with E-state index in [1.165, 1.54) is 12.8 Å². The molecular formula is C19H27NO3. The van der Waals surface area contributed by atoms with Crippen molar-refractivity contribution in [2.24, 2.45) is 11.8 Å². The molecule has 1 aromatic rings. The molecule has 1 amide bonds. The van der Waals surface area contributed by atoms with Crippen molar-refractivity contribution in [2.45, 2.75) is 39.2 Å². The van der Waals surface area contributed by atoms with Gasteiger partial charge in [0.2, 0.25) is 5.91 Å². The lowest BCUT2D eigenvalue weighted by molar-refractivity contribution is -0.117. The van der Waals surface area contributed by atoms with Crippen LogP contribution in [0.4, 0.5) is 0 Å². The van der Waals surface area contributed by atoms with Crippen LogP contribution in [0.2, 0.25) is 0 Å². The predicted molar refractivity (Wildman–Crippen MR) is 92.7 cm³/mol. The monoisotopic (exact) mass is 317 g/mol. The van der Waals surface area contributed by atoms with Crippen LogP contribution in [0.25, 0.3) is 6.08 Å². The Bertz CT molecular complexity index is 568. The highest BCUT2D eigenvalue weighted by molar-refractivity contribution is 5.92. The summed E-state index contributed by atoms with van der Waals surface area (Å²) in [6, 6.07) is 5.81. The molecule has 1 saturated carbocycles. The molecule has 1 aliphatic rings. The minimum Gasteiger partial charge on any atom is -0.497 e. The maximum absolute atomic E-state index is 12.2. The van der Waals surface area contributed by atoms with E-state index in [2.05, 4.69) is 19.2 Å². The lowest BCUT2D eigenvalue weighted by Crippen LogP contribution is -2.43. The molecule has 0 aromatic heterocycles. The molecule has 1 N–H and O–H groups in total. The van der Waals surface area contributed by atoms with Gasteiger partial charge < -0.3 is 14.8 Å². The van der Waals surface area contributed by atoms with Crippen LogP contribution in [0.1, 0.15) is 38.7 Å². The molecule has 0 radical (unpaired) electrons. The van der Waals surface area contributed by atoms with E-state index >= 15 is 0 Å². The van der Waals surface area contributed by atoms with Crippen LogP contribution in [0.3, 0.4) is 0 Å². The van der Waals surface area contributed by atoms with Crippen LogP contribution in [0, 0.1) is 11.8 Å². The number of carbonyl (C=O) groups is 1. The highest BCUT2D eigenvalue weighted by atomic mass is 16.5. The second-order valence-corrected chi connectivity index (χ2v) is 6.32. The van der Waals surface area contributed by atoms with E-state index in [1.807, 2.05) is 18.2 Å². The molecule has 4 heteroatoms. The van der Waals surface area contributed by atoms with Crippen molar-refractivity contribution in [3.05, 3.63) is 29.8 Å². The zero-order valence-corrected chi connectivity index (χ0v) is 14.5. The Labute approximate surface area is 138 Å². The van der Waals surface area contributed by atoms with Crippen molar-refractivity contribution >= 4 is 12.0 Å². The van der Waals surface area contributed by atoms with E-state index in [9.17, 15) is 4.79 Å². The third-order valence-corrected chi connectivity index (χ3v) is 4.89. The molecule has 0 spiro atoms. The summed E-state index contributed by atoms with van der Waals surface area (Å²) in [6.45, 7) is 4.49. The quantitative estimate of drug-likeness (QED) is 0.843. The van der Waals surface area contributed by atoms with Crippen LogP contribution in [0.15, 0.2) is 24.3 Å². The maximum atomic E-state index is 12.2. The van der Waals surface area contributed by atoms with Crippen molar-refractivity contribution in [1.82, 2.24) is 5.32 Å². The largest absolute Gasteiger partial charge is 0.497 e.